The van der Waals surface area contributed by atoms with E-state index >= 15 is 0 Å². The van der Waals surface area contributed by atoms with Gasteiger partial charge < -0.3 is 15.1 Å². The maximum absolute atomic E-state index is 11.4. The minimum atomic E-state index is 0.0558. The molecule has 29 heavy (non-hydrogen) atoms. The Morgan fingerprint density at radius 2 is 1.55 bits per heavy atom. The van der Waals surface area contributed by atoms with E-state index in [4.69, 9.17) is 4.98 Å². The number of Topliss-reactive ketones (excluding diaryl/α,β-unsaturated/α-hetero) is 1. The molecule has 0 atom stereocenters. The Balaban J connectivity index is 1.45. The van der Waals surface area contributed by atoms with Crippen molar-refractivity contribution in [3.05, 3.63) is 71.9 Å². The first-order chi connectivity index (χ1) is 14.1. The van der Waals surface area contributed by atoms with Gasteiger partial charge in [-0.25, -0.2) is 4.98 Å². The van der Waals surface area contributed by atoms with Gasteiger partial charge in [-0.3, -0.25) is 4.79 Å². The Morgan fingerprint density at radius 1 is 0.897 bits per heavy atom. The van der Waals surface area contributed by atoms with Gasteiger partial charge in [-0.2, -0.15) is 4.98 Å². The normalized spacial score (nSPS) is 14.0. The van der Waals surface area contributed by atoms with E-state index < -0.39 is 0 Å². The summed E-state index contributed by atoms with van der Waals surface area (Å²) >= 11 is 0. The molecule has 2 aromatic carbocycles. The van der Waals surface area contributed by atoms with E-state index in [1.165, 1.54) is 5.69 Å². The summed E-state index contributed by atoms with van der Waals surface area (Å²) in [4.78, 5) is 25.4. The number of aromatic nitrogens is 2. The first-order valence-electron chi connectivity index (χ1n) is 9.87. The van der Waals surface area contributed by atoms with Crippen LogP contribution in [0.2, 0.25) is 0 Å². The number of hydrogen-bond acceptors (Lipinski definition) is 6. The van der Waals surface area contributed by atoms with Gasteiger partial charge in [0, 0.05) is 54.9 Å². The van der Waals surface area contributed by atoms with Crippen LogP contribution in [-0.2, 0) is 0 Å². The fraction of sp³-hybridized carbons (Fsp3) is 0.261. The monoisotopic (exact) mass is 387 g/mol. The molecule has 6 nitrogen and oxygen atoms in total. The van der Waals surface area contributed by atoms with Crippen LogP contribution in [0.3, 0.4) is 0 Å². The first kappa shape index (κ1) is 18.9. The molecule has 1 aliphatic heterocycles. The number of para-hydroxylation sites is 1. The maximum atomic E-state index is 11.4. The van der Waals surface area contributed by atoms with Gasteiger partial charge in [0.05, 0.1) is 0 Å². The van der Waals surface area contributed by atoms with Crippen LogP contribution in [0.1, 0.15) is 23.0 Å². The van der Waals surface area contributed by atoms with Crippen molar-refractivity contribution in [2.45, 2.75) is 13.8 Å². The van der Waals surface area contributed by atoms with Crippen LogP contribution in [-0.4, -0.2) is 41.9 Å². The molecule has 148 valence electrons. The van der Waals surface area contributed by atoms with Crippen LogP contribution in [0.4, 0.5) is 23.1 Å². The summed E-state index contributed by atoms with van der Waals surface area (Å²) in [6, 6.07) is 19.9. The van der Waals surface area contributed by atoms with E-state index in [1.54, 1.807) is 6.92 Å². The molecule has 1 saturated heterocycles. The van der Waals surface area contributed by atoms with Crippen LogP contribution in [0.5, 0.6) is 0 Å². The van der Waals surface area contributed by atoms with Gasteiger partial charge in [-0.05, 0) is 50.2 Å². The van der Waals surface area contributed by atoms with Crippen molar-refractivity contribution >= 4 is 28.9 Å². The Hall–Kier alpha value is -3.41. The van der Waals surface area contributed by atoms with Gasteiger partial charge in [0.2, 0.25) is 5.95 Å². The van der Waals surface area contributed by atoms with Gasteiger partial charge in [0.1, 0.15) is 5.82 Å². The highest BCUT2D eigenvalue weighted by molar-refractivity contribution is 5.94. The Morgan fingerprint density at radius 3 is 2.21 bits per heavy atom. The third kappa shape index (κ3) is 4.54. The largest absolute Gasteiger partial charge is 0.368 e. The SMILES string of the molecule is CC(=O)c1ccc(Nc2nc(C)cc(N3CCN(c4ccccc4)CC3)n2)cc1. The zero-order chi connectivity index (χ0) is 20.2. The molecule has 0 saturated carbocycles. The highest BCUT2D eigenvalue weighted by atomic mass is 16.1. The van der Waals surface area contributed by atoms with E-state index in [-0.39, 0.29) is 5.78 Å². The third-order valence-corrected chi connectivity index (χ3v) is 5.11. The lowest BCUT2D eigenvalue weighted by Crippen LogP contribution is -2.46. The van der Waals surface area contributed by atoms with Crippen LogP contribution < -0.4 is 15.1 Å². The molecule has 1 fully saturated rings. The number of ketones is 1. The van der Waals surface area contributed by atoms with Gasteiger partial charge in [-0.15, -0.1) is 0 Å². The topological polar surface area (TPSA) is 61.4 Å². The number of rotatable bonds is 5. The zero-order valence-electron chi connectivity index (χ0n) is 16.8. The molecular weight excluding hydrogens is 362 g/mol. The Kier molecular flexibility index (Phi) is 5.42. The highest BCUT2D eigenvalue weighted by Crippen LogP contribution is 2.22. The summed E-state index contributed by atoms with van der Waals surface area (Å²) in [7, 11) is 0. The minimum Gasteiger partial charge on any atom is -0.368 e. The fourth-order valence-electron chi connectivity index (χ4n) is 3.52. The van der Waals surface area contributed by atoms with Gasteiger partial charge in [-0.1, -0.05) is 18.2 Å². The number of aryl methyl sites for hydroxylation is 1. The van der Waals surface area contributed by atoms with E-state index in [9.17, 15) is 4.79 Å². The minimum absolute atomic E-state index is 0.0558. The van der Waals surface area contributed by atoms with Crippen molar-refractivity contribution in [3.8, 4) is 0 Å². The molecule has 0 radical (unpaired) electrons. The van der Waals surface area contributed by atoms with Gasteiger partial charge in [0.15, 0.2) is 5.78 Å². The predicted octanol–water partition coefficient (Wildman–Crippen LogP) is 4.06. The Bertz CT molecular complexity index is 980. The number of piperazine rings is 1. The summed E-state index contributed by atoms with van der Waals surface area (Å²) in [5.74, 6) is 1.56. The molecular formula is C23H25N5O. The molecule has 0 bridgehead atoms. The van der Waals surface area contributed by atoms with E-state index in [2.05, 4.69) is 44.4 Å². The van der Waals surface area contributed by atoms with Crippen molar-refractivity contribution in [3.63, 3.8) is 0 Å². The molecule has 1 aliphatic rings. The number of benzene rings is 2. The summed E-state index contributed by atoms with van der Waals surface area (Å²) < 4.78 is 0. The molecule has 3 aromatic rings. The molecule has 0 amide bonds. The summed E-state index contributed by atoms with van der Waals surface area (Å²) in [5, 5.41) is 3.25. The van der Waals surface area contributed by atoms with Crippen molar-refractivity contribution < 1.29 is 4.79 Å². The lowest BCUT2D eigenvalue weighted by molar-refractivity contribution is 0.101. The van der Waals surface area contributed by atoms with Gasteiger partial charge in [0.25, 0.3) is 0 Å². The number of hydrogen-bond donors (Lipinski definition) is 1. The second-order valence-electron chi connectivity index (χ2n) is 7.26. The molecule has 0 unspecified atom stereocenters. The fourth-order valence-corrected chi connectivity index (χ4v) is 3.52. The average molecular weight is 387 g/mol. The van der Waals surface area contributed by atoms with Crippen LogP contribution in [0.25, 0.3) is 0 Å². The van der Waals surface area contributed by atoms with Gasteiger partial charge >= 0.3 is 0 Å². The lowest BCUT2D eigenvalue weighted by atomic mass is 10.1. The number of anilines is 4. The smallest absolute Gasteiger partial charge is 0.229 e. The quantitative estimate of drug-likeness (QED) is 0.666. The second-order valence-corrected chi connectivity index (χ2v) is 7.26. The summed E-state index contributed by atoms with van der Waals surface area (Å²) in [6.45, 7) is 7.30. The second kappa shape index (κ2) is 8.31. The average Bonchev–Trinajstić information content (AvgIpc) is 2.74. The summed E-state index contributed by atoms with van der Waals surface area (Å²) in [6.07, 6.45) is 0. The molecule has 0 spiro atoms. The number of nitrogens with one attached hydrogen (secondary N) is 1. The van der Waals surface area contributed by atoms with E-state index in [0.717, 1.165) is 43.4 Å². The van der Waals surface area contributed by atoms with Crippen molar-refractivity contribution in [2.75, 3.05) is 41.3 Å². The molecule has 6 heteroatoms. The van der Waals surface area contributed by atoms with E-state index in [1.807, 2.05) is 43.3 Å². The molecule has 1 aromatic heterocycles. The van der Waals surface area contributed by atoms with Crippen LogP contribution in [0, 0.1) is 6.92 Å². The number of carbonyl (C=O) groups excluding carboxylic acids is 1. The standard InChI is InChI=1S/C23H25N5O/c1-17-16-22(28-14-12-27(13-15-28)21-6-4-3-5-7-21)26-23(24-17)25-20-10-8-19(9-11-20)18(2)29/h3-11,16H,12-15H2,1-2H3,(H,24,25,26). The lowest BCUT2D eigenvalue weighted by Gasteiger charge is -2.36. The Labute approximate surface area is 171 Å². The zero-order valence-corrected chi connectivity index (χ0v) is 16.8. The van der Waals surface area contributed by atoms with Crippen molar-refractivity contribution in [1.82, 2.24) is 9.97 Å². The predicted molar refractivity (Wildman–Crippen MR) is 117 cm³/mol. The van der Waals surface area contributed by atoms with Crippen molar-refractivity contribution in [1.29, 1.82) is 0 Å². The van der Waals surface area contributed by atoms with Crippen LogP contribution in [0.15, 0.2) is 60.7 Å². The molecule has 2 heterocycles. The van der Waals surface area contributed by atoms with Crippen LogP contribution >= 0.6 is 0 Å². The molecule has 1 N–H and O–H groups in total. The van der Waals surface area contributed by atoms with E-state index in [0.29, 0.717) is 11.5 Å². The first-order valence-corrected chi connectivity index (χ1v) is 9.87. The molecule has 0 aliphatic carbocycles. The summed E-state index contributed by atoms with van der Waals surface area (Å²) in [5.41, 5.74) is 3.74. The maximum Gasteiger partial charge on any atom is 0.229 e. The number of nitrogens with zero attached hydrogens (tertiary/aromatic N) is 4. The third-order valence-electron chi connectivity index (χ3n) is 5.11. The highest BCUT2D eigenvalue weighted by Gasteiger charge is 2.19. The molecule has 4 rings (SSSR count). The number of carbonyl (C=O) groups is 1. The van der Waals surface area contributed by atoms with Crippen molar-refractivity contribution in [2.24, 2.45) is 0 Å².